The van der Waals surface area contributed by atoms with Crippen LogP contribution in [0.1, 0.15) is 121 Å². The van der Waals surface area contributed by atoms with Gasteiger partial charge in [-0.25, -0.2) is 10.9 Å². The molecule has 40 nitrogen and oxygen atoms in total. The summed E-state index contributed by atoms with van der Waals surface area (Å²) >= 11 is 8.42. The number of nitrogens with two attached hydrogens (primary N) is 3. The van der Waals surface area contributed by atoms with Gasteiger partial charge in [0.15, 0.2) is 0 Å². The van der Waals surface area contributed by atoms with E-state index in [-0.39, 0.29) is 94.8 Å². The van der Waals surface area contributed by atoms with E-state index in [1.165, 1.54) is 6.92 Å². The summed E-state index contributed by atoms with van der Waals surface area (Å²) < 4.78 is 0. The number of aliphatic hydroxyl groups excluding tert-OH is 3. The lowest BCUT2D eigenvalue weighted by Gasteiger charge is -2.29. The molecule has 15 atom stereocenters. The van der Waals surface area contributed by atoms with Crippen LogP contribution in [-0.2, 0) is 102 Å². The number of thiol groups is 2. The highest BCUT2D eigenvalue weighted by Crippen LogP contribution is 2.21. The van der Waals surface area contributed by atoms with Crippen molar-refractivity contribution in [3.63, 3.8) is 0 Å². The van der Waals surface area contributed by atoms with Gasteiger partial charge in [0.1, 0.15) is 66.2 Å². The van der Waals surface area contributed by atoms with Gasteiger partial charge >= 0.3 is 0 Å². The molecular weight excluding hydrogens is 1680 g/mol. The summed E-state index contributed by atoms with van der Waals surface area (Å²) in [4.78, 5) is 231. The van der Waals surface area contributed by atoms with Crippen LogP contribution in [0.2, 0.25) is 0 Å². The highest BCUT2D eigenvalue weighted by atomic mass is 32.1. The number of aliphatic hydroxyl groups is 3. The molecule has 5 aromatic rings. The van der Waals surface area contributed by atoms with Crippen molar-refractivity contribution in [1.82, 2.24) is 79.6 Å². The number of azide groups is 1. The first-order chi connectivity index (χ1) is 60.8. The van der Waals surface area contributed by atoms with Crippen LogP contribution in [0.4, 0.5) is 0 Å². The van der Waals surface area contributed by atoms with Gasteiger partial charge in [-0.15, -0.1) is 0 Å². The molecule has 42 heteroatoms. The van der Waals surface area contributed by atoms with E-state index in [2.05, 4.69) is 115 Å². The van der Waals surface area contributed by atoms with E-state index in [4.69, 9.17) is 22.7 Å². The molecule has 2 heterocycles. The highest BCUT2D eigenvalue weighted by molar-refractivity contribution is 7.80. The monoisotopic (exact) mass is 1800 g/mol. The molecule has 6 rings (SSSR count). The van der Waals surface area contributed by atoms with Crippen molar-refractivity contribution in [2.75, 3.05) is 57.4 Å². The molecule has 3 unspecified atom stereocenters. The Morgan fingerprint density at radius 2 is 0.882 bits per heavy atom. The summed E-state index contributed by atoms with van der Waals surface area (Å²) in [7, 11) is 0. The first-order valence-electron chi connectivity index (χ1n) is 42.0. The number of H-pyrrole nitrogens is 1. The number of primary amides is 1. The Labute approximate surface area is 746 Å². The van der Waals surface area contributed by atoms with E-state index in [0.29, 0.717) is 65.4 Å². The Morgan fingerprint density at radius 1 is 0.488 bits per heavy atom. The predicted molar refractivity (Wildman–Crippen MR) is 477 cm³/mol. The maximum absolute atomic E-state index is 15.4. The van der Waals surface area contributed by atoms with Crippen LogP contribution in [0.15, 0.2) is 127 Å². The van der Waals surface area contributed by atoms with Crippen LogP contribution < -0.4 is 91.9 Å². The Hall–Kier alpha value is -11.4. The third-order valence-corrected chi connectivity index (χ3v) is 21.2. The lowest BCUT2D eigenvalue weighted by atomic mass is 10.00. The van der Waals surface area contributed by atoms with Gasteiger partial charge in [-0.3, -0.25) is 76.7 Å². The quantitative estimate of drug-likeness (QED) is 0.00573. The Kier molecular flexibility index (Phi) is 47.9. The lowest BCUT2D eigenvalue weighted by molar-refractivity contribution is -0.141. The number of rotatable bonds is 29. The fraction of sp³-hybridized carbons (Fsp3) is 0.506. The SMILES string of the molecule is CCC(=O)CCCCN=[N+]=[N-].C[C@@H]1NNCC(=O)C(=O)[C@H](CS)NCCN[C@@H](CS)C(=O)C(=O)[C@H](CO)NC(=O)[C@H]([C@@H](C)O)NC(=O)[C@H](Cc2ccccc2)NC(=O)[C@H]([C@@H](C)O)NC(=O)[C@H](CCCCN)NC(=O)C(Cc2c[nH]c3ccccc23)NC(=O)[C@H](Cc2ccccc2)NC(=O)C(Cc2ccccc2)NC(=O)[C@H](CC(N)=O)NC(=O)C(CCCCN)NC1=O. The summed E-state index contributed by atoms with van der Waals surface area (Å²) in [5, 5.41) is 67.9. The van der Waals surface area contributed by atoms with E-state index in [9.17, 15) is 77.6 Å². The molecule has 0 radical (unpaired) electrons. The number of benzene rings is 4. The zero-order chi connectivity index (χ0) is 93.5. The molecule has 1 aliphatic heterocycles. The van der Waals surface area contributed by atoms with Gasteiger partial charge in [0.2, 0.25) is 88.1 Å². The van der Waals surface area contributed by atoms with Crippen molar-refractivity contribution >= 4 is 130 Å². The molecule has 0 aliphatic carbocycles. The van der Waals surface area contributed by atoms with E-state index in [0.717, 1.165) is 26.7 Å². The summed E-state index contributed by atoms with van der Waals surface area (Å²) in [5.74, 6) is -16.3. The number of aromatic nitrogens is 1. The minimum Gasteiger partial charge on any atom is -0.394 e. The molecule has 0 saturated carbocycles. The standard InChI is InChI=1S/C78H108N18O18S2.C7H13N3O/c1-43-69(105)86-52(27-15-17-29-79)70(106)91-58(37-63(81)101)75(111)89-54(33-46-19-7-4-8-20-46)72(108)88-55(34-47-21-9-5-10-22-47)73(109)90-57(36-49-38-84-51-26-14-13-25-50(49)51)74(110)87-53(28-16-18-30-80)71(107)94-64(44(2)98)77(113)92-56(35-48-23-11-6-12-24-48)76(112)95-65(45(3)99)78(114)93-59(40-97)67(103)68(104)61(42-116)83-32-31-82-60(41-115)66(102)62(100)39-85-96-43;1-2-7(11)5-3-4-6-9-10-8/h4-14,19-26,38,43-45,52-61,64-65,82-85,96-99,115-116H,15-18,27-37,39-42,79-80H2,1-3H3,(H2,81,101)(H,86,105)(H,87,110)(H,88,108)(H,89,111)(H,90,109)(H,91,106)(H,92,113)(H,93,114)(H,94,107)(H,95,112);2-6H2,1H3/t43-,44+,45+,52?,53-,54?,55-,56-,57?,58-,59-,60-,61-,64-,65-;/m0./s1. The lowest BCUT2D eigenvalue weighted by Crippen LogP contribution is -2.63. The van der Waals surface area contributed by atoms with Gasteiger partial charge in [0.05, 0.1) is 49.9 Å². The van der Waals surface area contributed by atoms with Crippen molar-refractivity contribution in [3.8, 4) is 0 Å². The zero-order valence-electron chi connectivity index (χ0n) is 71.5. The van der Waals surface area contributed by atoms with Crippen LogP contribution >= 0.6 is 25.3 Å². The normalized spacial score (nSPS) is 23.5. The largest absolute Gasteiger partial charge is 0.394 e. The first kappa shape index (κ1) is 106. The zero-order valence-corrected chi connectivity index (χ0v) is 73.3. The number of carbonyl (C=O) groups is 16. The van der Waals surface area contributed by atoms with Crippen LogP contribution in [0.3, 0.4) is 0 Å². The van der Waals surface area contributed by atoms with Crippen LogP contribution in [-0.4, -0.2) is 262 Å². The predicted octanol–water partition coefficient (Wildman–Crippen LogP) is -2.83. The minimum atomic E-state index is -1.97. The summed E-state index contributed by atoms with van der Waals surface area (Å²) in [6, 6.07) is 10.9. The minimum absolute atomic E-state index is 0.0667. The van der Waals surface area contributed by atoms with Crippen molar-refractivity contribution in [2.24, 2.45) is 22.3 Å². The molecule has 1 aliphatic rings. The molecule has 127 heavy (non-hydrogen) atoms. The van der Waals surface area contributed by atoms with Crippen molar-refractivity contribution < 1.29 is 92.0 Å². The maximum Gasteiger partial charge on any atom is 0.245 e. The number of hydrogen-bond donors (Lipinski definition) is 23. The second kappa shape index (κ2) is 57.3. The molecule has 1 aromatic heterocycles. The van der Waals surface area contributed by atoms with Gasteiger partial charge in [-0.1, -0.05) is 121 Å². The molecule has 1 saturated heterocycles. The van der Waals surface area contributed by atoms with E-state index < -0.39 is 198 Å². The molecule has 0 spiro atoms. The van der Waals surface area contributed by atoms with Crippen LogP contribution in [0.25, 0.3) is 21.3 Å². The van der Waals surface area contributed by atoms with Gasteiger partial charge in [-0.05, 0) is 119 Å². The average Bonchev–Trinajstić information content (AvgIpc) is 1.70. The number of amides is 11. The van der Waals surface area contributed by atoms with Crippen LogP contribution in [0, 0.1) is 0 Å². The second-order valence-corrected chi connectivity index (χ2v) is 31.1. The summed E-state index contributed by atoms with van der Waals surface area (Å²) in [6.45, 7) is 4.15. The Morgan fingerprint density at radius 3 is 1.33 bits per heavy atom. The second-order valence-electron chi connectivity index (χ2n) is 30.4. The van der Waals surface area contributed by atoms with Crippen molar-refractivity contribution in [3.05, 3.63) is 154 Å². The number of nitrogens with zero attached hydrogens (tertiary/aromatic N) is 3. The van der Waals surface area contributed by atoms with Gasteiger partial charge < -0.3 is 101 Å². The third-order valence-electron chi connectivity index (χ3n) is 20.4. The Bertz CT molecular complexity index is 4510. The smallest absolute Gasteiger partial charge is 0.245 e. The van der Waals surface area contributed by atoms with Gasteiger partial charge in [0.25, 0.3) is 0 Å². The molecule has 692 valence electrons. The third kappa shape index (κ3) is 36.8. The number of ketones is 5. The fourth-order valence-corrected chi connectivity index (χ4v) is 13.8. The number of unbranched alkanes of at least 4 members (excludes halogenated alkanes) is 3. The van der Waals surface area contributed by atoms with E-state index >= 15 is 14.4 Å². The number of hydrogen-bond acceptors (Lipinski definition) is 28. The molecule has 24 N–H and O–H groups in total. The van der Waals surface area contributed by atoms with Crippen molar-refractivity contribution in [1.29, 1.82) is 0 Å². The highest BCUT2D eigenvalue weighted by Gasteiger charge is 2.40. The number of para-hydroxylation sites is 1. The fourth-order valence-electron chi connectivity index (χ4n) is 13.2. The summed E-state index contributed by atoms with van der Waals surface area (Å²) in [6.07, 6.45) is -0.0636. The molecule has 0 bridgehead atoms. The Balaban J connectivity index is 0.00000242. The number of fused-ring (bicyclic) bond motifs is 1. The number of aromatic amines is 1. The first-order valence-corrected chi connectivity index (χ1v) is 43.3. The van der Waals surface area contributed by atoms with E-state index in [1.54, 1.807) is 121 Å². The molecule has 1 fully saturated rings. The number of carbonyl (C=O) groups excluding carboxylic acids is 16. The summed E-state index contributed by atoms with van der Waals surface area (Å²) in [5.41, 5.74) is 33.0. The molecule has 11 amide bonds. The number of nitrogens with one attached hydrogen (secondary N) is 15. The average molecular weight is 1810 g/mol. The van der Waals surface area contributed by atoms with E-state index in [1.807, 2.05) is 6.92 Å². The molecule has 4 aromatic carbocycles. The maximum atomic E-state index is 15.4. The number of Topliss-reactive ketones (excluding diaryl/α,β-unsaturated/α-hetero) is 5. The topological polar surface area (TPSA) is 645 Å². The van der Waals surface area contributed by atoms with Gasteiger partial charge in [0, 0.05) is 91.7 Å². The molecular formula is C85H121N21O19S2. The van der Waals surface area contributed by atoms with Crippen LogP contribution in [0.5, 0.6) is 0 Å². The number of hydrazine groups is 1. The van der Waals surface area contributed by atoms with Gasteiger partial charge in [-0.2, -0.15) is 25.3 Å². The van der Waals surface area contributed by atoms with Crippen molar-refractivity contribution in [2.45, 2.75) is 215 Å².